The highest BCUT2D eigenvalue weighted by Crippen LogP contribution is 2.46. The number of phenolic OH excluding ortho intramolecular Hbond substituents is 1. The van der Waals surface area contributed by atoms with E-state index in [1.54, 1.807) is 18.2 Å². The zero-order chi connectivity index (χ0) is 35.2. The second-order valence-electron chi connectivity index (χ2n) is 9.75. The third-order valence-corrected chi connectivity index (χ3v) is 9.02. The molecule has 0 saturated heterocycles. The van der Waals surface area contributed by atoms with Crippen molar-refractivity contribution >= 4 is 87.4 Å². The SMILES string of the molecule is Cc1cccc(Nc2nc(Cl)nc(Nc3cc(S(=O)(=O)O)cc4cc(S(=O)(=O)O)c(N=Nc5cc(S(=O)(=O)O)ccc5F)c(O)c34)n2)c1. The van der Waals surface area contributed by atoms with E-state index in [1.165, 1.54) is 0 Å². The van der Waals surface area contributed by atoms with E-state index in [0.717, 1.165) is 17.7 Å². The molecule has 48 heavy (non-hydrogen) atoms. The van der Waals surface area contributed by atoms with Gasteiger partial charge in [-0.1, -0.05) is 12.1 Å². The molecule has 22 heteroatoms. The van der Waals surface area contributed by atoms with Gasteiger partial charge in [-0.15, -0.1) is 10.2 Å². The molecular weight excluding hydrogens is 721 g/mol. The van der Waals surface area contributed by atoms with Crippen LogP contribution in [0.15, 0.2) is 85.6 Å². The molecule has 1 aromatic heterocycles. The van der Waals surface area contributed by atoms with Crippen LogP contribution in [-0.2, 0) is 30.4 Å². The van der Waals surface area contributed by atoms with Gasteiger partial charge in [-0.05, 0) is 78.0 Å². The summed E-state index contributed by atoms with van der Waals surface area (Å²) in [5.74, 6) is -2.69. The number of phenols is 1. The molecule has 0 aliphatic heterocycles. The lowest BCUT2D eigenvalue weighted by molar-refractivity contribution is 0.472. The van der Waals surface area contributed by atoms with Crippen molar-refractivity contribution in [2.24, 2.45) is 10.2 Å². The Morgan fingerprint density at radius 3 is 2.06 bits per heavy atom. The smallest absolute Gasteiger partial charge is 0.296 e. The molecule has 5 aromatic rings. The maximum absolute atomic E-state index is 14.4. The first-order chi connectivity index (χ1) is 22.3. The number of benzene rings is 4. The van der Waals surface area contributed by atoms with Crippen molar-refractivity contribution in [2.45, 2.75) is 21.6 Å². The van der Waals surface area contributed by atoms with Gasteiger partial charge in [0.1, 0.15) is 16.3 Å². The molecule has 17 nitrogen and oxygen atoms in total. The molecule has 0 saturated carbocycles. The minimum Gasteiger partial charge on any atom is -0.505 e. The van der Waals surface area contributed by atoms with Gasteiger partial charge in [0.15, 0.2) is 11.6 Å². The lowest BCUT2D eigenvalue weighted by atomic mass is 10.1. The number of hydrogen-bond donors (Lipinski definition) is 6. The first kappa shape index (κ1) is 34.4. The van der Waals surface area contributed by atoms with Crippen molar-refractivity contribution in [1.82, 2.24) is 15.0 Å². The fraction of sp³-hybridized carbons (Fsp3) is 0.0385. The average Bonchev–Trinajstić information content (AvgIpc) is 2.95. The van der Waals surface area contributed by atoms with Crippen molar-refractivity contribution in [2.75, 3.05) is 10.6 Å². The van der Waals surface area contributed by atoms with Crippen LogP contribution in [0.3, 0.4) is 0 Å². The Labute approximate surface area is 275 Å². The lowest BCUT2D eigenvalue weighted by Gasteiger charge is -2.15. The summed E-state index contributed by atoms with van der Waals surface area (Å²) in [7, 11) is -15.1. The molecule has 0 radical (unpaired) electrons. The number of fused-ring (bicyclic) bond motifs is 1. The number of aromatic hydroxyl groups is 1. The maximum atomic E-state index is 14.4. The van der Waals surface area contributed by atoms with Crippen LogP contribution in [0, 0.1) is 12.7 Å². The van der Waals surface area contributed by atoms with E-state index in [1.807, 2.05) is 13.0 Å². The topological polar surface area (TPSA) is 271 Å². The summed E-state index contributed by atoms with van der Waals surface area (Å²) in [5, 5.41) is 22.6. The van der Waals surface area contributed by atoms with Gasteiger partial charge in [-0.3, -0.25) is 13.7 Å². The monoisotopic (exact) mass is 739 g/mol. The lowest BCUT2D eigenvalue weighted by Crippen LogP contribution is -2.06. The van der Waals surface area contributed by atoms with Crippen molar-refractivity contribution in [3.63, 3.8) is 0 Å². The van der Waals surface area contributed by atoms with Crippen molar-refractivity contribution in [3.8, 4) is 5.75 Å². The quantitative estimate of drug-likeness (QED) is 0.0807. The highest BCUT2D eigenvalue weighted by molar-refractivity contribution is 7.86. The number of hydrogen-bond acceptors (Lipinski definition) is 14. The van der Waals surface area contributed by atoms with E-state index in [9.17, 15) is 48.4 Å². The molecule has 1 heterocycles. The van der Waals surface area contributed by atoms with Gasteiger partial charge >= 0.3 is 0 Å². The van der Waals surface area contributed by atoms with Gasteiger partial charge in [0.2, 0.25) is 17.2 Å². The molecule has 6 N–H and O–H groups in total. The van der Waals surface area contributed by atoms with Gasteiger partial charge in [0.25, 0.3) is 30.4 Å². The summed E-state index contributed by atoms with van der Waals surface area (Å²) in [5.41, 5.74) is -0.780. The van der Waals surface area contributed by atoms with E-state index in [2.05, 4.69) is 35.8 Å². The predicted molar refractivity (Wildman–Crippen MR) is 168 cm³/mol. The summed E-state index contributed by atoms with van der Waals surface area (Å²) < 4.78 is 115. The van der Waals surface area contributed by atoms with Crippen molar-refractivity contribution in [1.29, 1.82) is 0 Å². The minimum atomic E-state index is -5.29. The fourth-order valence-electron chi connectivity index (χ4n) is 4.27. The molecule has 0 aliphatic carbocycles. The molecule has 0 amide bonds. The Hall–Kier alpha value is -4.90. The third kappa shape index (κ3) is 7.62. The minimum absolute atomic E-state index is 0.0835. The summed E-state index contributed by atoms with van der Waals surface area (Å²) in [4.78, 5) is 9.29. The Kier molecular flexibility index (Phi) is 9.05. The third-order valence-electron chi connectivity index (χ3n) is 6.30. The molecule has 5 rings (SSSR count). The number of aryl methyl sites for hydroxylation is 1. The normalized spacial score (nSPS) is 12.5. The molecular formula is C26H19ClFN7O10S3. The zero-order valence-electron chi connectivity index (χ0n) is 23.7. The van der Waals surface area contributed by atoms with Crippen LogP contribution in [-0.4, -0.2) is 59.0 Å². The summed E-state index contributed by atoms with van der Waals surface area (Å²) >= 11 is 6.08. The average molecular weight is 740 g/mol. The van der Waals surface area contributed by atoms with E-state index in [0.29, 0.717) is 30.0 Å². The van der Waals surface area contributed by atoms with Crippen LogP contribution >= 0.6 is 11.6 Å². The Morgan fingerprint density at radius 2 is 1.44 bits per heavy atom. The number of nitrogens with zero attached hydrogens (tertiary/aromatic N) is 5. The number of anilines is 4. The van der Waals surface area contributed by atoms with E-state index in [-0.39, 0.29) is 22.9 Å². The summed E-state index contributed by atoms with van der Waals surface area (Å²) in [6.07, 6.45) is 0. The van der Waals surface area contributed by atoms with Gasteiger partial charge in [0, 0.05) is 11.1 Å². The van der Waals surface area contributed by atoms with Crippen LogP contribution in [0.5, 0.6) is 5.75 Å². The van der Waals surface area contributed by atoms with Gasteiger partial charge in [-0.2, -0.15) is 40.2 Å². The van der Waals surface area contributed by atoms with Crippen molar-refractivity contribution < 1.29 is 48.4 Å². The van der Waals surface area contributed by atoms with Crippen LogP contribution in [0.1, 0.15) is 5.56 Å². The van der Waals surface area contributed by atoms with Crippen LogP contribution < -0.4 is 10.6 Å². The molecule has 4 aromatic carbocycles. The first-order valence-corrected chi connectivity index (χ1v) is 17.5. The fourth-order valence-corrected chi connectivity index (χ4v) is 6.13. The van der Waals surface area contributed by atoms with Gasteiger partial charge < -0.3 is 15.7 Å². The van der Waals surface area contributed by atoms with E-state index in [4.69, 9.17) is 11.6 Å². The Balaban J connectivity index is 1.72. The first-order valence-electron chi connectivity index (χ1n) is 12.8. The molecule has 0 unspecified atom stereocenters. The largest absolute Gasteiger partial charge is 0.505 e. The maximum Gasteiger partial charge on any atom is 0.296 e. The number of rotatable bonds is 9. The molecule has 250 valence electrons. The highest BCUT2D eigenvalue weighted by Gasteiger charge is 2.26. The Morgan fingerprint density at radius 1 is 0.771 bits per heavy atom. The number of nitrogens with one attached hydrogen (secondary N) is 2. The molecule has 0 aliphatic rings. The number of halogens is 2. The Bertz CT molecular complexity index is 2500. The standard InChI is InChI=1S/C26H19ClFN7O10S3/c1-12-3-2-4-14(7-12)29-25-31-24(27)32-26(33-25)30-19-11-16(47(40,41)42)8-13-9-20(48(43,44)45)22(23(36)21(13)19)35-34-18-10-15(46(37,38)39)5-6-17(18)28/h2-11,36H,1H3,(H,37,38,39)(H,40,41,42)(H,43,44,45)(H2,29,30,31,32,33). The predicted octanol–water partition coefficient (Wildman–Crippen LogP) is 5.47. The number of aromatic nitrogens is 3. The molecule has 0 spiro atoms. The second kappa shape index (κ2) is 12.6. The van der Waals surface area contributed by atoms with Crippen LogP contribution in [0.2, 0.25) is 5.28 Å². The van der Waals surface area contributed by atoms with E-state index >= 15 is 0 Å². The van der Waals surface area contributed by atoms with Crippen LogP contribution in [0.4, 0.5) is 39.0 Å². The zero-order valence-corrected chi connectivity index (χ0v) is 26.9. The summed E-state index contributed by atoms with van der Waals surface area (Å²) in [6.45, 7) is 1.84. The van der Waals surface area contributed by atoms with Crippen LogP contribution in [0.25, 0.3) is 10.8 Å². The highest BCUT2D eigenvalue weighted by atomic mass is 35.5. The van der Waals surface area contributed by atoms with Gasteiger partial charge in [-0.25, -0.2) is 4.39 Å². The van der Waals surface area contributed by atoms with E-state index < -0.39 is 78.8 Å². The molecule has 0 bridgehead atoms. The second-order valence-corrected chi connectivity index (χ2v) is 14.3. The molecule has 0 fully saturated rings. The summed E-state index contributed by atoms with van der Waals surface area (Å²) in [6, 6.07) is 11.2. The molecule has 0 atom stereocenters. The number of azo groups is 1. The van der Waals surface area contributed by atoms with Crippen molar-refractivity contribution in [3.05, 3.63) is 77.3 Å². The van der Waals surface area contributed by atoms with Gasteiger partial charge in [0.05, 0.1) is 15.5 Å².